The molecule has 3 aromatic rings. The monoisotopic (exact) mass is 435 g/mol. The van der Waals surface area contributed by atoms with E-state index in [1.807, 2.05) is 0 Å². The molecular formula is C20H19F2N3O4S. The van der Waals surface area contributed by atoms with Crippen molar-refractivity contribution in [3.05, 3.63) is 71.8 Å². The largest absolute Gasteiger partial charge is 0.441 e. The highest BCUT2D eigenvalue weighted by atomic mass is 32.2. The maximum atomic E-state index is 13.8. The summed E-state index contributed by atoms with van der Waals surface area (Å²) in [5, 5.41) is 2.70. The number of nitrogens with zero attached hydrogens (tertiary/aromatic N) is 1. The summed E-state index contributed by atoms with van der Waals surface area (Å²) < 4.78 is 58.6. The van der Waals surface area contributed by atoms with E-state index >= 15 is 0 Å². The molecule has 0 unspecified atom stereocenters. The van der Waals surface area contributed by atoms with E-state index in [9.17, 15) is 22.0 Å². The van der Waals surface area contributed by atoms with Gasteiger partial charge in [-0.3, -0.25) is 4.79 Å². The molecule has 0 aliphatic carbocycles. The summed E-state index contributed by atoms with van der Waals surface area (Å²) in [5.41, 5.74) is 0.427. The summed E-state index contributed by atoms with van der Waals surface area (Å²) in [5.74, 6) is -1.66. The number of sulfonamides is 1. The number of aromatic nitrogens is 1. The molecule has 0 atom stereocenters. The number of carbonyl (C=O) groups excluding carboxylic acids is 1. The van der Waals surface area contributed by atoms with Gasteiger partial charge in [-0.15, -0.1) is 0 Å². The summed E-state index contributed by atoms with van der Waals surface area (Å²) >= 11 is 0. The molecule has 2 N–H and O–H groups in total. The highest BCUT2D eigenvalue weighted by molar-refractivity contribution is 7.89. The predicted molar refractivity (Wildman–Crippen MR) is 105 cm³/mol. The lowest BCUT2D eigenvalue weighted by Gasteiger charge is -2.06. The van der Waals surface area contributed by atoms with E-state index in [1.54, 1.807) is 12.1 Å². The Morgan fingerprint density at radius 3 is 2.40 bits per heavy atom. The summed E-state index contributed by atoms with van der Waals surface area (Å²) in [7, 11) is -2.18. The first-order chi connectivity index (χ1) is 14.3. The Balaban J connectivity index is 1.53. The summed E-state index contributed by atoms with van der Waals surface area (Å²) in [6.45, 7) is 0.218. The first-order valence-electron chi connectivity index (χ1n) is 8.98. The molecular weight excluding hydrogens is 416 g/mol. The van der Waals surface area contributed by atoms with E-state index in [1.165, 1.54) is 31.4 Å². The highest BCUT2D eigenvalue weighted by Crippen LogP contribution is 2.26. The minimum absolute atomic E-state index is 0.0439. The highest BCUT2D eigenvalue weighted by Gasteiger charge is 2.16. The number of nitrogens with one attached hydrogen (secondary N) is 2. The number of benzene rings is 2. The van der Waals surface area contributed by atoms with Crippen molar-refractivity contribution in [1.82, 2.24) is 15.0 Å². The number of amides is 1. The molecule has 0 fully saturated rings. The van der Waals surface area contributed by atoms with Gasteiger partial charge in [0.15, 0.2) is 11.7 Å². The second-order valence-corrected chi connectivity index (χ2v) is 8.23. The molecule has 2 aromatic carbocycles. The van der Waals surface area contributed by atoms with Gasteiger partial charge in [-0.1, -0.05) is 18.2 Å². The van der Waals surface area contributed by atoms with E-state index in [0.717, 1.165) is 17.7 Å². The first kappa shape index (κ1) is 21.6. The first-order valence-corrected chi connectivity index (χ1v) is 10.5. The van der Waals surface area contributed by atoms with Gasteiger partial charge < -0.3 is 9.73 Å². The van der Waals surface area contributed by atoms with Gasteiger partial charge in [0.05, 0.1) is 16.7 Å². The van der Waals surface area contributed by atoms with Crippen molar-refractivity contribution >= 4 is 15.9 Å². The average molecular weight is 435 g/mol. The van der Waals surface area contributed by atoms with E-state index in [-0.39, 0.29) is 47.4 Å². The predicted octanol–water partition coefficient (Wildman–Crippen LogP) is 2.78. The molecule has 30 heavy (non-hydrogen) atoms. The van der Waals surface area contributed by atoms with E-state index in [0.29, 0.717) is 0 Å². The van der Waals surface area contributed by atoms with E-state index in [2.05, 4.69) is 15.0 Å². The molecule has 0 aliphatic rings. The SMILES string of the molecule is CNS(=O)(=O)c1ccc(CNC(=O)CCc2ncc(-c3c(F)cccc3F)o2)cc1. The molecule has 10 heteroatoms. The normalized spacial score (nSPS) is 11.4. The van der Waals surface area contributed by atoms with Crippen molar-refractivity contribution < 1.29 is 26.4 Å². The van der Waals surface area contributed by atoms with Crippen LogP contribution in [0.25, 0.3) is 11.3 Å². The number of aryl methyl sites for hydroxylation is 1. The average Bonchev–Trinajstić information content (AvgIpc) is 3.19. The Morgan fingerprint density at radius 2 is 1.77 bits per heavy atom. The molecule has 0 saturated heterocycles. The van der Waals surface area contributed by atoms with Gasteiger partial charge in [0.2, 0.25) is 15.9 Å². The van der Waals surface area contributed by atoms with Crippen molar-refractivity contribution in [2.45, 2.75) is 24.3 Å². The fraction of sp³-hybridized carbons (Fsp3) is 0.200. The second-order valence-electron chi connectivity index (χ2n) is 6.34. The zero-order valence-corrected chi connectivity index (χ0v) is 16.8. The maximum Gasteiger partial charge on any atom is 0.240 e. The van der Waals surface area contributed by atoms with Crippen LogP contribution in [-0.2, 0) is 27.8 Å². The van der Waals surface area contributed by atoms with Crippen LogP contribution in [0.4, 0.5) is 8.78 Å². The fourth-order valence-corrected chi connectivity index (χ4v) is 3.42. The Bertz CT molecular complexity index is 1120. The van der Waals surface area contributed by atoms with Gasteiger partial charge in [0, 0.05) is 19.4 Å². The van der Waals surface area contributed by atoms with Crippen molar-refractivity contribution in [2.75, 3.05) is 7.05 Å². The Kier molecular flexibility index (Phi) is 6.58. The van der Waals surface area contributed by atoms with Crippen LogP contribution in [0.3, 0.4) is 0 Å². The van der Waals surface area contributed by atoms with Gasteiger partial charge in [-0.05, 0) is 36.9 Å². The van der Waals surface area contributed by atoms with Crippen LogP contribution in [0, 0.1) is 11.6 Å². The lowest BCUT2D eigenvalue weighted by Crippen LogP contribution is -2.23. The maximum absolute atomic E-state index is 13.8. The van der Waals surface area contributed by atoms with Crippen molar-refractivity contribution in [1.29, 1.82) is 0 Å². The zero-order chi connectivity index (χ0) is 21.7. The van der Waals surface area contributed by atoms with Gasteiger partial charge >= 0.3 is 0 Å². The molecule has 0 spiro atoms. The molecule has 1 aromatic heterocycles. The number of hydrogen-bond acceptors (Lipinski definition) is 5. The third-order valence-corrected chi connectivity index (χ3v) is 5.75. The number of rotatable bonds is 8. The zero-order valence-electron chi connectivity index (χ0n) is 16.0. The minimum atomic E-state index is -3.51. The van der Waals surface area contributed by atoms with E-state index in [4.69, 9.17) is 4.42 Å². The topological polar surface area (TPSA) is 101 Å². The third kappa shape index (κ3) is 5.08. The lowest BCUT2D eigenvalue weighted by atomic mass is 10.1. The molecule has 7 nitrogen and oxygen atoms in total. The Morgan fingerprint density at radius 1 is 1.10 bits per heavy atom. The minimum Gasteiger partial charge on any atom is -0.441 e. The van der Waals surface area contributed by atoms with Crippen LogP contribution in [0.15, 0.2) is 58.0 Å². The summed E-state index contributed by atoms with van der Waals surface area (Å²) in [6.07, 6.45) is 1.43. The molecule has 0 aliphatic heterocycles. The Hall–Kier alpha value is -3.11. The fourth-order valence-electron chi connectivity index (χ4n) is 2.69. The van der Waals surface area contributed by atoms with Crippen LogP contribution in [0.1, 0.15) is 17.9 Å². The summed E-state index contributed by atoms with van der Waals surface area (Å²) in [4.78, 5) is 16.1. The molecule has 1 heterocycles. The van der Waals surface area contributed by atoms with E-state index < -0.39 is 21.7 Å². The van der Waals surface area contributed by atoms with Crippen LogP contribution in [0.5, 0.6) is 0 Å². The second kappa shape index (κ2) is 9.14. The smallest absolute Gasteiger partial charge is 0.240 e. The molecule has 0 radical (unpaired) electrons. The van der Waals surface area contributed by atoms with Crippen LogP contribution in [-0.4, -0.2) is 26.4 Å². The third-order valence-electron chi connectivity index (χ3n) is 4.32. The number of carbonyl (C=O) groups is 1. The van der Waals surface area contributed by atoms with Gasteiger partial charge in [-0.25, -0.2) is 26.9 Å². The van der Waals surface area contributed by atoms with Crippen LogP contribution >= 0.6 is 0 Å². The molecule has 3 rings (SSSR count). The van der Waals surface area contributed by atoms with Crippen molar-refractivity contribution in [3.8, 4) is 11.3 Å². The van der Waals surface area contributed by atoms with Crippen LogP contribution in [0.2, 0.25) is 0 Å². The van der Waals surface area contributed by atoms with Crippen molar-refractivity contribution in [2.24, 2.45) is 0 Å². The molecule has 0 bridgehead atoms. The quantitative estimate of drug-likeness (QED) is 0.567. The molecule has 158 valence electrons. The Labute approximate surface area is 172 Å². The van der Waals surface area contributed by atoms with Gasteiger partial charge in [0.25, 0.3) is 0 Å². The van der Waals surface area contributed by atoms with Crippen LogP contribution < -0.4 is 10.0 Å². The number of oxazole rings is 1. The number of halogens is 2. The van der Waals surface area contributed by atoms with Crippen molar-refractivity contribution in [3.63, 3.8) is 0 Å². The summed E-state index contributed by atoms with van der Waals surface area (Å²) in [6, 6.07) is 9.60. The molecule has 1 amide bonds. The standard InChI is InChI=1S/C20H19F2N3O4S/c1-23-30(27,28)14-7-5-13(6-8-14)11-24-18(26)9-10-19-25-12-17(29-19)20-15(21)3-2-4-16(20)22/h2-8,12,23H,9-11H2,1H3,(H,24,26). The van der Waals surface area contributed by atoms with Gasteiger partial charge in [0.1, 0.15) is 11.6 Å². The number of hydrogen-bond donors (Lipinski definition) is 2. The molecule has 0 saturated carbocycles. The lowest BCUT2D eigenvalue weighted by molar-refractivity contribution is -0.121. The van der Waals surface area contributed by atoms with Gasteiger partial charge in [-0.2, -0.15) is 0 Å².